The third kappa shape index (κ3) is 2.96. The minimum Gasteiger partial charge on any atom is -0.385 e. The molecule has 1 fully saturated rings. The van der Waals surface area contributed by atoms with Crippen LogP contribution in [-0.4, -0.2) is 13.7 Å². The number of hydrogen-bond donors (Lipinski definition) is 1. The second-order valence-electron chi connectivity index (χ2n) is 4.31. The minimum absolute atomic E-state index is 0.693. The molecule has 0 amide bonds. The summed E-state index contributed by atoms with van der Waals surface area (Å²) in [7, 11) is 1.73. The summed E-state index contributed by atoms with van der Waals surface area (Å²) in [4.78, 5) is 0. The number of nitrogens with one attached hydrogen (secondary N) is 1. The maximum absolute atomic E-state index is 5.11. The predicted octanol–water partition coefficient (Wildman–Crippen LogP) is 3.05. The van der Waals surface area contributed by atoms with Crippen LogP contribution in [0.25, 0.3) is 0 Å². The van der Waals surface area contributed by atoms with Gasteiger partial charge in [0, 0.05) is 19.3 Å². The highest BCUT2D eigenvalue weighted by molar-refractivity contribution is 5.45. The van der Waals surface area contributed by atoms with Gasteiger partial charge in [-0.15, -0.1) is 0 Å². The SMILES string of the molecule is COCc1cccc(NCC2CCC2)c1. The molecule has 0 atom stereocenters. The van der Waals surface area contributed by atoms with Gasteiger partial charge in [-0.3, -0.25) is 0 Å². The predicted molar refractivity (Wildman–Crippen MR) is 63.0 cm³/mol. The van der Waals surface area contributed by atoms with Gasteiger partial charge in [-0.05, 0) is 36.5 Å². The first-order valence-corrected chi connectivity index (χ1v) is 5.70. The van der Waals surface area contributed by atoms with Crippen molar-refractivity contribution in [1.29, 1.82) is 0 Å². The van der Waals surface area contributed by atoms with Crippen molar-refractivity contribution in [2.24, 2.45) is 5.92 Å². The smallest absolute Gasteiger partial charge is 0.0713 e. The van der Waals surface area contributed by atoms with Crippen LogP contribution in [0, 0.1) is 5.92 Å². The molecule has 1 aromatic rings. The number of methoxy groups -OCH3 is 1. The first-order valence-electron chi connectivity index (χ1n) is 5.70. The Hall–Kier alpha value is -1.02. The molecule has 0 spiro atoms. The van der Waals surface area contributed by atoms with Gasteiger partial charge < -0.3 is 10.1 Å². The van der Waals surface area contributed by atoms with Gasteiger partial charge in [0.25, 0.3) is 0 Å². The zero-order valence-electron chi connectivity index (χ0n) is 9.33. The van der Waals surface area contributed by atoms with E-state index in [0.29, 0.717) is 6.61 Å². The third-order valence-corrected chi connectivity index (χ3v) is 3.06. The summed E-state index contributed by atoms with van der Waals surface area (Å²) in [5, 5.41) is 3.49. The van der Waals surface area contributed by atoms with E-state index < -0.39 is 0 Å². The summed E-state index contributed by atoms with van der Waals surface area (Å²) >= 11 is 0. The summed E-state index contributed by atoms with van der Waals surface area (Å²) in [6.07, 6.45) is 4.20. The molecule has 0 saturated heterocycles. The Labute approximate surface area is 91.6 Å². The topological polar surface area (TPSA) is 21.3 Å². The Kier molecular flexibility index (Phi) is 3.62. The first kappa shape index (κ1) is 10.5. The third-order valence-electron chi connectivity index (χ3n) is 3.06. The summed E-state index contributed by atoms with van der Waals surface area (Å²) in [5.41, 5.74) is 2.45. The highest BCUT2D eigenvalue weighted by Gasteiger charge is 2.16. The molecular weight excluding hydrogens is 186 g/mol. The Morgan fingerprint density at radius 1 is 1.40 bits per heavy atom. The van der Waals surface area contributed by atoms with Crippen LogP contribution >= 0.6 is 0 Å². The second kappa shape index (κ2) is 5.17. The maximum Gasteiger partial charge on any atom is 0.0713 e. The molecule has 1 aliphatic carbocycles. The quantitative estimate of drug-likeness (QED) is 0.797. The lowest BCUT2D eigenvalue weighted by Gasteiger charge is -2.25. The van der Waals surface area contributed by atoms with E-state index in [-0.39, 0.29) is 0 Å². The number of hydrogen-bond acceptors (Lipinski definition) is 2. The number of rotatable bonds is 5. The van der Waals surface area contributed by atoms with Crippen LogP contribution in [0.2, 0.25) is 0 Å². The zero-order chi connectivity index (χ0) is 10.5. The van der Waals surface area contributed by atoms with E-state index in [1.54, 1.807) is 7.11 Å². The lowest BCUT2D eigenvalue weighted by Crippen LogP contribution is -2.20. The number of anilines is 1. The van der Waals surface area contributed by atoms with E-state index in [9.17, 15) is 0 Å². The Morgan fingerprint density at radius 3 is 2.93 bits per heavy atom. The molecule has 1 aliphatic rings. The molecule has 1 N–H and O–H groups in total. The molecular formula is C13H19NO. The second-order valence-corrected chi connectivity index (χ2v) is 4.31. The Bertz CT molecular complexity index is 307. The molecule has 1 saturated carbocycles. The fourth-order valence-electron chi connectivity index (χ4n) is 1.90. The van der Waals surface area contributed by atoms with Crippen molar-refractivity contribution in [3.05, 3.63) is 29.8 Å². The monoisotopic (exact) mass is 205 g/mol. The van der Waals surface area contributed by atoms with Crippen LogP contribution in [0.3, 0.4) is 0 Å². The lowest BCUT2D eigenvalue weighted by molar-refractivity contribution is 0.185. The van der Waals surface area contributed by atoms with Crippen LogP contribution < -0.4 is 5.32 Å². The molecule has 15 heavy (non-hydrogen) atoms. The normalized spacial score (nSPS) is 16.1. The molecule has 1 aromatic carbocycles. The van der Waals surface area contributed by atoms with Crippen LogP contribution in [0.5, 0.6) is 0 Å². The first-order chi connectivity index (χ1) is 7.38. The van der Waals surface area contributed by atoms with Crippen molar-refractivity contribution >= 4 is 5.69 Å². The molecule has 82 valence electrons. The lowest BCUT2D eigenvalue weighted by atomic mass is 9.85. The van der Waals surface area contributed by atoms with Gasteiger partial charge in [0.2, 0.25) is 0 Å². The standard InChI is InChI=1S/C13H19NO/c1-15-10-12-6-3-7-13(8-12)14-9-11-4-2-5-11/h3,6-8,11,14H,2,4-5,9-10H2,1H3. The molecule has 2 nitrogen and oxygen atoms in total. The van der Waals surface area contributed by atoms with Crippen molar-refractivity contribution in [2.75, 3.05) is 19.0 Å². The fraction of sp³-hybridized carbons (Fsp3) is 0.538. The van der Waals surface area contributed by atoms with Gasteiger partial charge in [-0.1, -0.05) is 18.6 Å². The summed E-state index contributed by atoms with van der Waals surface area (Å²) in [5.74, 6) is 0.899. The van der Waals surface area contributed by atoms with Crippen molar-refractivity contribution in [3.63, 3.8) is 0 Å². The Balaban J connectivity index is 1.86. The van der Waals surface area contributed by atoms with Crippen LogP contribution in [0.1, 0.15) is 24.8 Å². The molecule has 2 heteroatoms. The van der Waals surface area contributed by atoms with Gasteiger partial charge >= 0.3 is 0 Å². The van der Waals surface area contributed by atoms with Gasteiger partial charge in [0.05, 0.1) is 6.61 Å². The van der Waals surface area contributed by atoms with E-state index in [1.165, 1.54) is 30.5 Å². The molecule has 0 heterocycles. The average molecular weight is 205 g/mol. The van der Waals surface area contributed by atoms with Crippen molar-refractivity contribution < 1.29 is 4.74 Å². The van der Waals surface area contributed by atoms with Gasteiger partial charge in [-0.25, -0.2) is 0 Å². The van der Waals surface area contributed by atoms with Crippen molar-refractivity contribution in [1.82, 2.24) is 0 Å². The highest BCUT2D eigenvalue weighted by atomic mass is 16.5. The summed E-state index contributed by atoms with van der Waals surface area (Å²) < 4.78 is 5.11. The molecule has 2 rings (SSSR count). The minimum atomic E-state index is 0.693. The van der Waals surface area contributed by atoms with Gasteiger partial charge in [-0.2, -0.15) is 0 Å². The van der Waals surface area contributed by atoms with E-state index >= 15 is 0 Å². The van der Waals surface area contributed by atoms with Crippen molar-refractivity contribution in [2.45, 2.75) is 25.9 Å². The number of ether oxygens (including phenoxy) is 1. The van der Waals surface area contributed by atoms with Gasteiger partial charge in [0.1, 0.15) is 0 Å². The van der Waals surface area contributed by atoms with E-state index in [1.807, 2.05) is 0 Å². The number of benzene rings is 1. The molecule has 0 aliphatic heterocycles. The van der Waals surface area contributed by atoms with E-state index in [0.717, 1.165) is 12.5 Å². The largest absolute Gasteiger partial charge is 0.385 e. The molecule has 0 unspecified atom stereocenters. The van der Waals surface area contributed by atoms with E-state index in [4.69, 9.17) is 4.74 Å². The zero-order valence-corrected chi connectivity index (χ0v) is 9.33. The summed E-state index contributed by atoms with van der Waals surface area (Å²) in [6, 6.07) is 8.47. The molecule has 0 aromatic heterocycles. The maximum atomic E-state index is 5.11. The molecule has 0 radical (unpaired) electrons. The highest BCUT2D eigenvalue weighted by Crippen LogP contribution is 2.26. The van der Waals surface area contributed by atoms with Crippen LogP contribution in [0.15, 0.2) is 24.3 Å². The van der Waals surface area contributed by atoms with Crippen molar-refractivity contribution in [3.8, 4) is 0 Å². The van der Waals surface area contributed by atoms with Crippen LogP contribution in [-0.2, 0) is 11.3 Å². The summed E-state index contributed by atoms with van der Waals surface area (Å²) in [6.45, 7) is 1.81. The van der Waals surface area contributed by atoms with Crippen LogP contribution in [0.4, 0.5) is 5.69 Å². The average Bonchev–Trinajstić information content (AvgIpc) is 2.16. The van der Waals surface area contributed by atoms with Gasteiger partial charge in [0.15, 0.2) is 0 Å². The molecule has 0 bridgehead atoms. The Morgan fingerprint density at radius 2 is 2.27 bits per heavy atom. The van der Waals surface area contributed by atoms with E-state index in [2.05, 4.69) is 29.6 Å². The fourth-order valence-corrected chi connectivity index (χ4v) is 1.90.